The molecule has 0 aliphatic heterocycles. The Kier molecular flexibility index (Phi) is 2.71. The highest BCUT2D eigenvalue weighted by molar-refractivity contribution is 5.73. The predicted molar refractivity (Wildman–Crippen MR) is 64.3 cm³/mol. The van der Waals surface area contributed by atoms with Crippen LogP contribution in [0.25, 0.3) is 11.3 Å². The zero-order chi connectivity index (χ0) is 12.4. The van der Waals surface area contributed by atoms with Crippen molar-refractivity contribution >= 4 is 5.82 Å². The SMILES string of the molecule is COc1cccc(-c2nn(C)c(N)c2C#N)c1. The Morgan fingerprint density at radius 3 is 2.88 bits per heavy atom. The summed E-state index contributed by atoms with van der Waals surface area (Å²) >= 11 is 0. The van der Waals surface area contributed by atoms with Gasteiger partial charge in [0.1, 0.15) is 28.9 Å². The number of aromatic nitrogens is 2. The van der Waals surface area contributed by atoms with Crippen LogP contribution in [0.2, 0.25) is 0 Å². The molecule has 0 atom stereocenters. The van der Waals surface area contributed by atoms with Crippen molar-refractivity contribution in [2.24, 2.45) is 7.05 Å². The number of aryl methyl sites for hydroxylation is 1. The molecule has 0 radical (unpaired) electrons. The third-order valence-electron chi connectivity index (χ3n) is 2.55. The molecule has 2 N–H and O–H groups in total. The summed E-state index contributed by atoms with van der Waals surface area (Å²) < 4.78 is 6.63. The van der Waals surface area contributed by atoms with Gasteiger partial charge in [-0.15, -0.1) is 0 Å². The topological polar surface area (TPSA) is 76.9 Å². The first-order chi connectivity index (χ1) is 8.17. The minimum Gasteiger partial charge on any atom is -0.497 e. The number of benzene rings is 1. The molecule has 86 valence electrons. The Balaban J connectivity index is 2.60. The molecule has 17 heavy (non-hydrogen) atoms. The van der Waals surface area contributed by atoms with Gasteiger partial charge in [0.25, 0.3) is 0 Å². The largest absolute Gasteiger partial charge is 0.497 e. The van der Waals surface area contributed by atoms with Crippen molar-refractivity contribution < 1.29 is 4.74 Å². The second kappa shape index (κ2) is 4.18. The Morgan fingerprint density at radius 1 is 1.47 bits per heavy atom. The normalized spacial score (nSPS) is 9.94. The molecule has 0 amide bonds. The van der Waals surface area contributed by atoms with E-state index in [1.165, 1.54) is 4.68 Å². The Hall–Kier alpha value is -2.48. The zero-order valence-corrected chi connectivity index (χ0v) is 9.64. The van der Waals surface area contributed by atoms with Gasteiger partial charge in [-0.1, -0.05) is 12.1 Å². The number of nitrogen functional groups attached to an aromatic ring is 1. The van der Waals surface area contributed by atoms with Gasteiger partial charge in [0.15, 0.2) is 0 Å². The maximum atomic E-state index is 9.09. The molecule has 2 aromatic rings. The maximum absolute atomic E-state index is 9.09. The number of anilines is 1. The van der Waals surface area contributed by atoms with E-state index in [0.29, 0.717) is 17.1 Å². The Morgan fingerprint density at radius 2 is 2.24 bits per heavy atom. The van der Waals surface area contributed by atoms with Gasteiger partial charge in [-0.25, -0.2) is 0 Å². The number of hydrogen-bond acceptors (Lipinski definition) is 4. The Labute approximate surface area is 99.0 Å². The van der Waals surface area contributed by atoms with Gasteiger partial charge in [-0.3, -0.25) is 4.68 Å². The van der Waals surface area contributed by atoms with Gasteiger partial charge in [0.2, 0.25) is 0 Å². The van der Waals surface area contributed by atoms with Crippen molar-refractivity contribution in [3.63, 3.8) is 0 Å². The van der Waals surface area contributed by atoms with Crippen LogP contribution in [0, 0.1) is 11.3 Å². The molecule has 0 saturated heterocycles. The summed E-state index contributed by atoms with van der Waals surface area (Å²) in [6, 6.07) is 9.44. The van der Waals surface area contributed by atoms with E-state index in [4.69, 9.17) is 15.7 Å². The number of nitrogens with zero attached hydrogens (tertiary/aromatic N) is 3. The highest BCUT2D eigenvalue weighted by Crippen LogP contribution is 2.28. The number of methoxy groups -OCH3 is 1. The smallest absolute Gasteiger partial charge is 0.140 e. The lowest BCUT2D eigenvalue weighted by Gasteiger charge is -2.01. The first-order valence-corrected chi connectivity index (χ1v) is 5.04. The van der Waals surface area contributed by atoms with Crippen molar-refractivity contribution in [2.75, 3.05) is 12.8 Å². The van der Waals surface area contributed by atoms with Gasteiger partial charge < -0.3 is 10.5 Å². The highest BCUT2D eigenvalue weighted by Gasteiger charge is 2.15. The monoisotopic (exact) mass is 228 g/mol. The van der Waals surface area contributed by atoms with E-state index in [9.17, 15) is 0 Å². The molecule has 0 unspecified atom stereocenters. The molecule has 0 aliphatic rings. The highest BCUT2D eigenvalue weighted by atomic mass is 16.5. The molecule has 1 aromatic carbocycles. The lowest BCUT2D eigenvalue weighted by Crippen LogP contribution is -1.97. The van der Waals surface area contributed by atoms with Crippen molar-refractivity contribution in [3.8, 4) is 23.1 Å². The molecule has 2 rings (SSSR count). The molecular formula is C12H12N4O. The summed E-state index contributed by atoms with van der Waals surface area (Å²) in [5.41, 5.74) is 7.55. The average Bonchev–Trinajstić information content (AvgIpc) is 2.65. The number of ether oxygens (including phenoxy) is 1. The summed E-state index contributed by atoms with van der Waals surface area (Å²) in [6.07, 6.45) is 0. The molecule has 0 aliphatic carbocycles. The van der Waals surface area contributed by atoms with E-state index in [0.717, 1.165) is 11.3 Å². The van der Waals surface area contributed by atoms with E-state index in [2.05, 4.69) is 11.2 Å². The quantitative estimate of drug-likeness (QED) is 0.846. The van der Waals surface area contributed by atoms with E-state index >= 15 is 0 Å². The van der Waals surface area contributed by atoms with Crippen molar-refractivity contribution in [1.82, 2.24) is 9.78 Å². The van der Waals surface area contributed by atoms with Crippen LogP contribution in [-0.4, -0.2) is 16.9 Å². The van der Waals surface area contributed by atoms with Gasteiger partial charge >= 0.3 is 0 Å². The summed E-state index contributed by atoms with van der Waals surface area (Å²) in [7, 11) is 3.30. The lowest BCUT2D eigenvalue weighted by atomic mass is 10.1. The minimum absolute atomic E-state index is 0.366. The van der Waals surface area contributed by atoms with Crippen LogP contribution in [0.4, 0.5) is 5.82 Å². The minimum atomic E-state index is 0.366. The molecule has 1 aromatic heterocycles. The van der Waals surface area contributed by atoms with Crippen LogP contribution >= 0.6 is 0 Å². The molecule has 0 fully saturated rings. The standard InChI is InChI=1S/C12H12N4O/c1-16-12(14)10(7-13)11(15-16)8-4-3-5-9(6-8)17-2/h3-6H,14H2,1-2H3. The number of rotatable bonds is 2. The third-order valence-corrected chi connectivity index (χ3v) is 2.55. The summed E-state index contributed by atoms with van der Waals surface area (Å²) in [5.74, 6) is 1.08. The number of nitriles is 1. The summed E-state index contributed by atoms with van der Waals surface area (Å²) in [6.45, 7) is 0. The second-order valence-corrected chi connectivity index (χ2v) is 3.58. The van der Waals surface area contributed by atoms with Crippen LogP contribution in [0.3, 0.4) is 0 Å². The molecule has 0 bridgehead atoms. The summed E-state index contributed by atoms with van der Waals surface area (Å²) in [4.78, 5) is 0. The molecule has 1 heterocycles. The van der Waals surface area contributed by atoms with Crippen LogP contribution < -0.4 is 10.5 Å². The van der Waals surface area contributed by atoms with Gasteiger partial charge in [-0.2, -0.15) is 10.4 Å². The fourth-order valence-electron chi connectivity index (χ4n) is 1.62. The third kappa shape index (κ3) is 1.81. The van der Waals surface area contributed by atoms with Crippen LogP contribution in [-0.2, 0) is 7.05 Å². The fourth-order valence-corrected chi connectivity index (χ4v) is 1.62. The van der Waals surface area contributed by atoms with Crippen molar-refractivity contribution in [3.05, 3.63) is 29.8 Å². The van der Waals surface area contributed by atoms with Crippen LogP contribution in [0.15, 0.2) is 24.3 Å². The number of hydrogen-bond donors (Lipinski definition) is 1. The second-order valence-electron chi connectivity index (χ2n) is 3.58. The van der Waals surface area contributed by atoms with E-state index in [1.807, 2.05) is 24.3 Å². The maximum Gasteiger partial charge on any atom is 0.140 e. The van der Waals surface area contributed by atoms with Crippen molar-refractivity contribution in [2.45, 2.75) is 0 Å². The Bertz CT molecular complexity index is 595. The predicted octanol–water partition coefficient (Wildman–Crippen LogP) is 1.55. The zero-order valence-electron chi connectivity index (χ0n) is 9.64. The molecule has 5 heteroatoms. The molecular weight excluding hydrogens is 216 g/mol. The first kappa shape index (κ1) is 11.0. The summed E-state index contributed by atoms with van der Waals surface area (Å²) in [5, 5.41) is 13.3. The van der Waals surface area contributed by atoms with Gasteiger partial charge in [-0.05, 0) is 12.1 Å². The first-order valence-electron chi connectivity index (χ1n) is 5.04. The number of nitrogens with two attached hydrogens (primary N) is 1. The van der Waals surface area contributed by atoms with E-state index in [1.54, 1.807) is 14.2 Å². The van der Waals surface area contributed by atoms with Crippen LogP contribution in [0.5, 0.6) is 5.75 Å². The van der Waals surface area contributed by atoms with Crippen LogP contribution in [0.1, 0.15) is 5.56 Å². The molecule has 5 nitrogen and oxygen atoms in total. The molecule has 0 spiro atoms. The van der Waals surface area contributed by atoms with Crippen molar-refractivity contribution in [1.29, 1.82) is 5.26 Å². The fraction of sp³-hybridized carbons (Fsp3) is 0.167. The average molecular weight is 228 g/mol. The molecule has 0 saturated carbocycles. The lowest BCUT2D eigenvalue weighted by molar-refractivity contribution is 0.415. The van der Waals surface area contributed by atoms with Gasteiger partial charge in [0.05, 0.1) is 7.11 Å². The van der Waals surface area contributed by atoms with Gasteiger partial charge in [0, 0.05) is 12.6 Å². The van der Waals surface area contributed by atoms with E-state index in [-0.39, 0.29) is 0 Å². The van der Waals surface area contributed by atoms with E-state index < -0.39 is 0 Å².